The highest BCUT2D eigenvalue weighted by Gasteiger charge is 2.15. The Balaban J connectivity index is 1.58. The number of fused-ring (bicyclic) bond motifs is 1. The molecule has 29 heavy (non-hydrogen) atoms. The molecule has 146 valence electrons. The maximum atomic E-state index is 12.7. The molecule has 0 atom stereocenters. The van der Waals surface area contributed by atoms with Gasteiger partial charge in [-0.2, -0.15) is 4.68 Å². The van der Waals surface area contributed by atoms with Gasteiger partial charge in [0.25, 0.3) is 5.56 Å². The molecule has 4 aromatic rings. The first-order chi connectivity index (χ1) is 14.0. The van der Waals surface area contributed by atoms with Crippen molar-refractivity contribution in [3.63, 3.8) is 0 Å². The highest BCUT2D eigenvalue weighted by atomic mass is 16.5. The SMILES string of the molecule is COc1cccc(NC(=O)Cn2cnc3c(nnn3-c3ccc(C)cc3)c2=O)c1. The first-order valence-electron chi connectivity index (χ1n) is 8.87. The van der Waals surface area contributed by atoms with Gasteiger partial charge in [-0.25, -0.2) is 4.98 Å². The summed E-state index contributed by atoms with van der Waals surface area (Å²) in [5.74, 6) is 0.253. The van der Waals surface area contributed by atoms with Gasteiger partial charge in [0.1, 0.15) is 18.6 Å². The number of hydrogen-bond donors (Lipinski definition) is 1. The predicted molar refractivity (Wildman–Crippen MR) is 107 cm³/mol. The third-order valence-electron chi connectivity index (χ3n) is 4.38. The van der Waals surface area contributed by atoms with Gasteiger partial charge >= 0.3 is 0 Å². The van der Waals surface area contributed by atoms with Crippen LogP contribution in [0.2, 0.25) is 0 Å². The van der Waals surface area contributed by atoms with Crippen molar-refractivity contribution >= 4 is 22.8 Å². The minimum absolute atomic E-state index is 0.0993. The second-order valence-corrected chi connectivity index (χ2v) is 6.47. The lowest BCUT2D eigenvalue weighted by Crippen LogP contribution is -2.28. The van der Waals surface area contributed by atoms with Crippen LogP contribution in [0.3, 0.4) is 0 Å². The number of amides is 1. The van der Waals surface area contributed by atoms with Crippen molar-refractivity contribution in [1.29, 1.82) is 0 Å². The Morgan fingerprint density at radius 2 is 1.97 bits per heavy atom. The van der Waals surface area contributed by atoms with E-state index >= 15 is 0 Å². The van der Waals surface area contributed by atoms with Crippen molar-refractivity contribution in [1.82, 2.24) is 24.5 Å². The molecular formula is C20H18N6O3. The number of rotatable bonds is 5. The Morgan fingerprint density at radius 1 is 1.17 bits per heavy atom. The number of nitrogens with one attached hydrogen (secondary N) is 1. The molecule has 0 aliphatic heterocycles. The van der Waals surface area contributed by atoms with Crippen LogP contribution >= 0.6 is 0 Å². The summed E-state index contributed by atoms with van der Waals surface area (Å²) in [5.41, 5.74) is 2.43. The zero-order chi connectivity index (χ0) is 20.4. The summed E-state index contributed by atoms with van der Waals surface area (Å²) >= 11 is 0. The molecular weight excluding hydrogens is 372 g/mol. The van der Waals surface area contributed by atoms with Crippen LogP contribution in [0, 0.1) is 6.92 Å². The van der Waals surface area contributed by atoms with Crippen LogP contribution in [-0.4, -0.2) is 37.6 Å². The maximum Gasteiger partial charge on any atom is 0.284 e. The number of carbonyl (C=O) groups excluding carboxylic acids is 1. The molecule has 0 radical (unpaired) electrons. The summed E-state index contributed by atoms with van der Waals surface area (Å²) in [6, 6.07) is 14.6. The van der Waals surface area contributed by atoms with Gasteiger partial charge in [-0.3, -0.25) is 14.2 Å². The Labute approximate surface area is 165 Å². The summed E-state index contributed by atoms with van der Waals surface area (Å²) in [6.07, 6.45) is 1.32. The minimum atomic E-state index is -0.436. The van der Waals surface area contributed by atoms with Crippen LogP contribution in [0.1, 0.15) is 5.56 Å². The van der Waals surface area contributed by atoms with Crippen molar-refractivity contribution in [2.75, 3.05) is 12.4 Å². The fourth-order valence-electron chi connectivity index (χ4n) is 2.87. The van der Waals surface area contributed by atoms with Gasteiger partial charge in [-0.15, -0.1) is 5.10 Å². The molecule has 1 amide bonds. The van der Waals surface area contributed by atoms with Gasteiger partial charge in [0, 0.05) is 11.8 Å². The Kier molecular flexibility index (Phi) is 4.78. The molecule has 0 bridgehead atoms. The van der Waals surface area contributed by atoms with Crippen molar-refractivity contribution in [3.8, 4) is 11.4 Å². The van der Waals surface area contributed by atoms with Crippen molar-refractivity contribution in [2.24, 2.45) is 0 Å². The predicted octanol–water partition coefficient (Wildman–Crippen LogP) is 1.93. The van der Waals surface area contributed by atoms with Crippen LogP contribution in [-0.2, 0) is 11.3 Å². The van der Waals surface area contributed by atoms with Crippen LogP contribution in [0.25, 0.3) is 16.9 Å². The summed E-state index contributed by atoms with van der Waals surface area (Å²) in [4.78, 5) is 29.4. The maximum absolute atomic E-state index is 12.7. The molecule has 0 unspecified atom stereocenters. The van der Waals surface area contributed by atoms with Gasteiger partial charge in [-0.1, -0.05) is 29.0 Å². The molecule has 1 N–H and O–H groups in total. The number of aryl methyl sites for hydroxylation is 1. The quantitative estimate of drug-likeness (QED) is 0.558. The van der Waals surface area contributed by atoms with Crippen LogP contribution in [0.4, 0.5) is 5.69 Å². The van der Waals surface area contributed by atoms with E-state index in [1.807, 2.05) is 31.2 Å². The number of anilines is 1. The number of carbonyl (C=O) groups is 1. The summed E-state index contributed by atoms with van der Waals surface area (Å²) < 4.78 is 7.83. The Morgan fingerprint density at radius 3 is 2.72 bits per heavy atom. The minimum Gasteiger partial charge on any atom is -0.497 e. The van der Waals surface area contributed by atoms with E-state index in [4.69, 9.17) is 4.74 Å². The molecule has 2 heterocycles. The largest absolute Gasteiger partial charge is 0.497 e. The van der Waals surface area contributed by atoms with Gasteiger partial charge in [0.15, 0.2) is 11.2 Å². The van der Waals surface area contributed by atoms with Crippen LogP contribution in [0.5, 0.6) is 5.75 Å². The number of benzene rings is 2. The lowest BCUT2D eigenvalue weighted by Gasteiger charge is -2.08. The second-order valence-electron chi connectivity index (χ2n) is 6.47. The van der Waals surface area contributed by atoms with E-state index in [9.17, 15) is 9.59 Å². The molecule has 9 heteroatoms. The molecule has 9 nitrogen and oxygen atoms in total. The molecule has 0 saturated heterocycles. The first kappa shape index (κ1) is 18.4. The third kappa shape index (κ3) is 3.70. The summed E-state index contributed by atoms with van der Waals surface area (Å²) in [6.45, 7) is 1.78. The lowest BCUT2D eigenvalue weighted by molar-refractivity contribution is -0.116. The van der Waals surface area contributed by atoms with Crippen LogP contribution < -0.4 is 15.6 Å². The third-order valence-corrected chi connectivity index (χ3v) is 4.38. The van der Waals surface area contributed by atoms with Gasteiger partial charge in [0.2, 0.25) is 5.91 Å². The van der Waals surface area contributed by atoms with E-state index < -0.39 is 5.56 Å². The smallest absolute Gasteiger partial charge is 0.284 e. The average molecular weight is 390 g/mol. The Hall–Kier alpha value is -4.01. The van der Waals surface area contributed by atoms with E-state index in [0.717, 1.165) is 11.3 Å². The summed E-state index contributed by atoms with van der Waals surface area (Å²) in [5, 5.41) is 10.7. The summed E-state index contributed by atoms with van der Waals surface area (Å²) in [7, 11) is 1.55. The standard InChI is InChI=1S/C20H18N6O3/c1-13-6-8-15(9-7-13)26-19-18(23-24-26)20(28)25(12-21-19)11-17(27)22-14-4-3-5-16(10-14)29-2/h3-10,12H,11H2,1-2H3,(H,22,27). The van der Waals surface area contributed by atoms with Gasteiger partial charge < -0.3 is 10.1 Å². The zero-order valence-corrected chi connectivity index (χ0v) is 15.9. The molecule has 4 rings (SSSR count). The molecule has 0 spiro atoms. The van der Waals surface area contributed by atoms with E-state index in [1.54, 1.807) is 31.4 Å². The average Bonchev–Trinajstić information content (AvgIpc) is 3.15. The van der Waals surface area contributed by atoms with Crippen molar-refractivity contribution in [3.05, 3.63) is 70.8 Å². The monoisotopic (exact) mass is 390 g/mol. The fourth-order valence-corrected chi connectivity index (χ4v) is 2.87. The van der Waals surface area contributed by atoms with E-state index in [1.165, 1.54) is 15.6 Å². The van der Waals surface area contributed by atoms with Crippen LogP contribution in [0.15, 0.2) is 59.7 Å². The number of hydrogen-bond acceptors (Lipinski definition) is 6. The zero-order valence-electron chi connectivity index (χ0n) is 15.9. The number of methoxy groups -OCH3 is 1. The van der Waals surface area contributed by atoms with Crippen molar-refractivity contribution < 1.29 is 9.53 Å². The van der Waals surface area contributed by atoms with E-state index in [-0.39, 0.29) is 18.0 Å². The fraction of sp³-hybridized carbons (Fsp3) is 0.150. The van der Waals surface area contributed by atoms with Crippen molar-refractivity contribution in [2.45, 2.75) is 13.5 Å². The van der Waals surface area contributed by atoms with Gasteiger partial charge in [0.05, 0.1) is 12.8 Å². The highest BCUT2D eigenvalue weighted by molar-refractivity contribution is 5.90. The topological polar surface area (TPSA) is 104 Å². The second kappa shape index (κ2) is 7.55. The normalized spacial score (nSPS) is 10.8. The highest BCUT2D eigenvalue weighted by Crippen LogP contribution is 2.17. The first-order valence-corrected chi connectivity index (χ1v) is 8.87. The van der Waals surface area contributed by atoms with Gasteiger partial charge in [-0.05, 0) is 31.2 Å². The Bertz CT molecular complexity index is 1240. The molecule has 2 aromatic carbocycles. The number of nitrogens with zero attached hydrogens (tertiary/aromatic N) is 5. The molecule has 0 saturated carbocycles. The molecule has 0 aliphatic carbocycles. The lowest BCUT2D eigenvalue weighted by atomic mass is 10.2. The molecule has 2 aromatic heterocycles. The molecule has 0 aliphatic rings. The molecule has 0 fully saturated rings. The number of aromatic nitrogens is 5. The van der Waals surface area contributed by atoms with E-state index in [0.29, 0.717) is 17.1 Å². The van der Waals surface area contributed by atoms with E-state index in [2.05, 4.69) is 20.6 Å². The number of ether oxygens (including phenoxy) is 1.